The van der Waals surface area contributed by atoms with Gasteiger partial charge in [0.1, 0.15) is 0 Å². The summed E-state index contributed by atoms with van der Waals surface area (Å²) in [6, 6.07) is 9.34. The fourth-order valence-electron chi connectivity index (χ4n) is 3.03. The smallest absolute Gasteiger partial charge is 0.0364 e. The van der Waals surface area contributed by atoms with Crippen LogP contribution in [0.15, 0.2) is 36.7 Å². The van der Waals surface area contributed by atoms with Gasteiger partial charge in [0.05, 0.1) is 0 Å². The SMILES string of the molecule is CCNC(Cc1cc(C)cc(C)c1)c1ccncc1CC. The summed E-state index contributed by atoms with van der Waals surface area (Å²) in [5.41, 5.74) is 6.80. The molecule has 0 saturated carbocycles. The van der Waals surface area contributed by atoms with Crippen molar-refractivity contribution >= 4 is 0 Å². The molecule has 1 heterocycles. The fraction of sp³-hybridized carbons (Fsp3) is 0.421. The maximum atomic E-state index is 4.27. The molecule has 2 heteroatoms. The highest BCUT2D eigenvalue weighted by molar-refractivity contribution is 5.32. The molecule has 0 bridgehead atoms. The Labute approximate surface area is 128 Å². The molecule has 21 heavy (non-hydrogen) atoms. The van der Waals surface area contributed by atoms with E-state index in [9.17, 15) is 0 Å². The summed E-state index contributed by atoms with van der Waals surface area (Å²) >= 11 is 0. The number of aromatic nitrogens is 1. The summed E-state index contributed by atoms with van der Waals surface area (Å²) in [4.78, 5) is 4.27. The minimum absolute atomic E-state index is 0.356. The van der Waals surface area contributed by atoms with Gasteiger partial charge in [0, 0.05) is 18.4 Å². The minimum Gasteiger partial charge on any atom is -0.310 e. The number of rotatable bonds is 6. The maximum absolute atomic E-state index is 4.27. The molecule has 1 N–H and O–H groups in total. The molecular formula is C19H26N2. The van der Waals surface area contributed by atoms with Crippen LogP contribution in [-0.4, -0.2) is 11.5 Å². The summed E-state index contributed by atoms with van der Waals surface area (Å²) in [5.74, 6) is 0. The summed E-state index contributed by atoms with van der Waals surface area (Å²) < 4.78 is 0. The fourth-order valence-corrected chi connectivity index (χ4v) is 3.03. The molecular weight excluding hydrogens is 256 g/mol. The highest BCUT2D eigenvalue weighted by Crippen LogP contribution is 2.23. The first-order chi connectivity index (χ1) is 10.1. The maximum Gasteiger partial charge on any atom is 0.0364 e. The Morgan fingerprint density at radius 2 is 1.81 bits per heavy atom. The number of aryl methyl sites for hydroxylation is 3. The third-order valence-corrected chi connectivity index (χ3v) is 3.87. The molecule has 1 atom stereocenters. The topological polar surface area (TPSA) is 24.9 Å². The lowest BCUT2D eigenvalue weighted by Crippen LogP contribution is -2.24. The van der Waals surface area contributed by atoms with Crippen molar-refractivity contribution < 1.29 is 0 Å². The van der Waals surface area contributed by atoms with Crippen LogP contribution in [0.5, 0.6) is 0 Å². The van der Waals surface area contributed by atoms with Crippen molar-refractivity contribution in [2.45, 2.75) is 46.6 Å². The van der Waals surface area contributed by atoms with Crippen LogP contribution in [0.3, 0.4) is 0 Å². The van der Waals surface area contributed by atoms with E-state index < -0.39 is 0 Å². The van der Waals surface area contributed by atoms with Crippen LogP contribution in [0.4, 0.5) is 0 Å². The van der Waals surface area contributed by atoms with Crippen molar-refractivity contribution in [1.82, 2.24) is 10.3 Å². The average Bonchev–Trinajstić information content (AvgIpc) is 2.45. The van der Waals surface area contributed by atoms with Crippen molar-refractivity contribution in [1.29, 1.82) is 0 Å². The number of nitrogens with one attached hydrogen (secondary N) is 1. The molecule has 1 unspecified atom stereocenters. The average molecular weight is 282 g/mol. The van der Waals surface area contributed by atoms with Crippen LogP contribution in [0, 0.1) is 13.8 Å². The van der Waals surface area contributed by atoms with E-state index in [1.165, 1.54) is 27.8 Å². The molecule has 0 aliphatic rings. The molecule has 0 spiro atoms. The van der Waals surface area contributed by atoms with Crippen LogP contribution in [0.1, 0.15) is 47.7 Å². The Kier molecular flexibility index (Phi) is 5.51. The van der Waals surface area contributed by atoms with Gasteiger partial charge in [0.25, 0.3) is 0 Å². The summed E-state index contributed by atoms with van der Waals surface area (Å²) in [6.45, 7) is 9.67. The summed E-state index contributed by atoms with van der Waals surface area (Å²) in [6.07, 6.45) is 5.95. The van der Waals surface area contributed by atoms with E-state index in [0.29, 0.717) is 6.04 Å². The van der Waals surface area contributed by atoms with Crippen molar-refractivity contribution in [3.63, 3.8) is 0 Å². The van der Waals surface area contributed by atoms with Gasteiger partial charge >= 0.3 is 0 Å². The van der Waals surface area contributed by atoms with Crippen molar-refractivity contribution in [3.05, 3.63) is 64.5 Å². The molecule has 0 aliphatic carbocycles. The molecule has 0 radical (unpaired) electrons. The van der Waals surface area contributed by atoms with E-state index in [-0.39, 0.29) is 0 Å². The summed E-state index contributed by atoms with van der Waals surface area (Å²) in [5, 5.41) is 3.63. The second-order valence-corrected chi connectivity index (χ2v) is 5.74. The largest absolute Gasteiger partial charge is 0.310 e. The van der Waals surface area contributed by atoms with Gasteiger partial charge in [0.15, 0.2) is 0 Å². The van der Waals surface area contributed by atoms with Crippen molar-refractivity contribution in [2.24, 2.45) is 0 Å². The molecule has 2 rings (SSSR count). The lowest BCUT2D eigenvalue weighted by Gasteiger charge is -2.21. The zero-order valence-electron chi connectivity index (χ0n) is 13.6. The standard InChI is InChI=1S/C19H26N2/c1-5-17-13-20-8-7-18(17)19(21-6-2)12-16-10-14(3)9-15(4)11-16/h7-11,13,19,21H,5-6,12H2,1-4H3. The van der Waals surface area contributed by atoms with Crippen LogP contribution < -0.4 is 5.32 Å². The predicted molar refractivity (Wildman–Crippen MR) is 89.7 cm³/mol. The lowest BCUT2D eigenvalue weighted by molar-refractivity contribution is 0.545. The zero-order valence-corrected chi connectivity index (χ0v) is 13.6. The molecule has 2 nitrogen and oxygen atoms in total. The van der Waals surface area contributed by atoms with Crippen molar-refractivity contribution in [2.75, 3.05) is 6.54 Å². The molecule has 1 aromatic heterocycles. The molecule has 2 aromatic rings. The van der Waals surface area contributed by atoms with Gasteiger partial charge in [-0.1, -0.05) is 43.2 Å². The third-order valence-electron chi connectivity index (χ3n) is 3.87. The summed E-state index contributed by atoms with van der Waals surface area (Å²) in [7, 11) is 0. The third kappa shape index (κ3) is 4.15. The van der Waals surface area contributed by atoms with Crippen LogP contribution in [0.2, 0.25) is 0 Å². The normalized spacial score (nSPS) is 12.4. The predicted octanol–water partition coefficient (Wildman–Crippen LogP) is 4.15. The van der Waals surface area contributed by atoms with Gasteiger partial charge in [-0.2, -0.15) is 0 Å². The number of nitrogens with zero attached hydrogens (tertiary/aromatic N) is 1. The molecule has 0 amide bonds. The molecule has 0 aliphatic heterocycles. The highest BCUT2D eigenvalue weighted by Gasteiger charge is 2.14. The second kappa shape index (κ2) is 7.37. The van der Waals surface area contributed by atoms with Gasteiger partial charge in [-0.25, -0.2) is 0 Å². The van der Waals surface area contributed by atoms with Gasteiger partial charge in [-0.15, -0.1) is 0 Å². The van der Waals surface area contributed by atoms with E-state index in [1.807, 2.05) is 12.4 Å². The Hall–Kier alpha value is -1.67. The van der Waals surface area contributed by atoms with E-state index in [4.69, 9.17) is 0 Å². The second-order valence-electron chi connectivity index (χ2n) is 5.74. The highest BCUT2D eigenvalue weighted by atomic mass is 14.9. The first kappa shape index (κ1) is 15.7. The van der Waals surface area contributed by atoms with E-state index >= 15 is 0 Å². The van der Waals surface area contributed by atoms with Crippen LogP contribution in [-0.2, 0) is 12.8 Å². The van der Waals surface area contributed by atoms with Crippen LogP contribution in [0.25, 0.3) is 0 Å². The van der Waals surface area contributed by atoms with Crippen LogP contribution >= 0.6 is 0 Å². The van der Waals surface area contributed by atoms with Gasteiger partial charge in [-0.05, 0) is 56.0 Å². The number of hydrogen-bond acceptors (Lipinski definition) is 2. The quantitative estimate of drug-likeness (QED) is 0.860. The minimum atomic E-state index is 0.356. The Morgan fingerprint density at radius 1 is 1.10 bits per heavy atom. The number of benzene rings is 1. The Bertz CT molecular complexity index is 570. The first-order valence-electron chi connectivity index (χ1n) is 7.87. The van der Waals surface area contributed by atoms with E-state index in [0.717, 1.165) is 19.4 Å². The van der Waals surface area contributed by atoms with E-state index in [2.05, 4.69) is 62.3 Å². The van der Waals surface area contributed by atoms with Crippen molar-refractivity contribution in [3.8, 4) is 0 Å². The lowest BCUT2D eigenvalue weighted by atomic mass is 9.93. The number of pyridine rings is 1. The monoisotopic (exact) mass is 282 g/mol. The molecule has 112 valence electrons. The molecule has 0 saturated heterocycles. The zero-order chi connectivity index (χ0) is 15.2. The van der Waals surface area contributed by atoms with Gasteiger partial charge in [0.2, 0.25) is 0 Å². The molecule has 0 fully saturated rings. The van der Waals surface area contributed by atoms with E-state index in [1.54, 1.807) is 0 Å². The number of likely N-dealkylation sites (N-methyl/N-ethyl adjacent to an activating group) is 1. The Morgan fingerprint density at radius 3 is 2.43 bits per heavy atom. The Balaban J connectivity index is 2.30. The van der Waals surface area contributed by atoms with Gasteiger partial charge < -0.3 is 5.32 Å². The number of hydrogen-bond donors (Lipinski definition) is 1. The van der Waals surface area contributed by atoms with Gasteiger partial charge in [-0.3, -0.25) is 4.98 Å². The first-order valence-corrected chi connectivity index (χ1v) is 7.87. The molecule has 1 aromatic carbocycles.